The van der Waals surface area contributed by atoms with Crippen LogP contribution in [0, 0.1) is 11.3 Å². The van der Waals surface area contributed by atoms with Gasteiger partial charge in [-0.1, -0.05) is 13.0 Å². The van der Waals surface area contributed by atoms with Crippen molar-refractivity contribution in [1.29, 1.82) is 5.26 Å². The third-order valence-corrected chi connectivity index (χ3v) is 7.90. The molecular formula is C22H19F3N6O2S. The minimum atomic E-state index is -4.31. The number of hydrogen-bond acceptors (Lipinski definition) is 6. The zero-order valence-electron chi connectivity index (χ0n) is 18.0. The molecule has 0 saturated heterocycles. The SMILES string of the molecule is CCS(=O)(=O)c1c2ccc(C3(C#N)CC3)cc2nn1-c1cc2cnn(CCC(F)(F)F)c2cn1. The summed E-state index contributed by atoms with van der Waals surface area (Å²) in [5.74, 6) is 0.0454. The number of alkyl halides is 3. The second-order valence-corrected chi connectivity index (χ2v) is 10.6. The van der Waals surface area contributed by atoms with Crippen LogP contribution in [0.2, 0.25) is 0 Å². The van der Waals surface area contributed by atoms with Crippen LogP contribution in [0.3, 0.4) is 0 Å². The Balaban J connectivity index is 1.63. The summed E-state index contributed by atoms with van der Waals surface area (Å²) in [4.78, 5) is 4.30. The van der Waals surface area contributed by atoms with Gasteiger partial charge in [-0.3, -0.25) is 4.68 Å². The van der Waals surface area contributed by atoms with Crippen molar-refractivity contribution in [2.24, 2.45) is 0 Å². The maximum Gasteiger partial charge on any atom is 0.390 e. The molecule has 1 aliphatic carbocycles. The van der Waals surface area contributed by atoms with E-state index in [1.165, 1.54) is 28.7 Å². The fourth-order valence-corrected chi connectivity index (χ4v) is 5.21. The number of aryl methyl sites for hydroxylation is 1. The van der Waals surface area contributed by atoms with Gasteiger partial charge in [-0.2, -0.15) is 28.6 Å². The Labute approximate surface area is 192 Å². The highest BCUT2D eigenvalue weighted by Gasteiger charge is 2.45. The van der Waals surface area contributed by atoms with E-state index in [9.17, 15) is 26.9 Å². The third-order valence-electron chi connectivity index (χ3n) is 6.16. The summed E-state index contributed by atoms with van der Waals surface area (Å²) in [7, 11) is -3.72. The summed E-state index contributed by atoms with van der Waals surface area (Å²) < 4.78 is 66.3. The smallest absolute Gasteiger partial charge is 0.263 e. The lowest BCUT2D eigenvalue weighted by Crippen LogP contribution is -2.13. The highest BCUT2D eigenvalue weighted by atomic mass is 32.2. The van der Waals surface area contributed by atoms with Crippen LogP contribution >= 0.6 is 0 Å². The predicted octanol–water partition coefficient (Wildman–Crippen LogP) is 4.07. The Morgan fingerprint density at radius 3 is 2.62 bits per heavy atom. The molecule has 0 amide bonds. The number of pyridine rings is 1. The van der Waals surface area contributed by atoms with E-state index in [1.807, 2.05) is 0 Å². The monoisotopic (exact) mass is 488 g/mol. The predicted molar refractivity (Wildman–Crippen MR) is 117 cm³/mol. The molecule has 0 radical (unpaired) electrons. The summed E-state index contributed by atoms with van der Waals surface area (Å²) >= 11 is 0. The maximum atomic E-state index is 13.0. The summed E-state index contributed by atoms with van der Waals surface area (Å²) in [6.07, 6.45) is -1.08. The number of benzene rings is 1. The summed E-state index contributed by atoms with van der Waals surface area (Å²) in [5.41, 5.74) is 1.07. The van der Waals surface area contributed by atoms with E-state index in [0.29, 0.717) is 21.8 Å². The van der Waals surface area contributed by atoms with Gasteiger partial charge in [0.15, 0.2) is 20.7 Å². The Morgan fingerprint density at radius 1 is 1.21 bits per heavy atom. The number of nitriles is 1. The molecule has 1 fully saturated rings. The van der Waals surface area contributed by atoms with Gasteiger partial charge in [-0.05, 0) is 36.6 Å². The molecular weight excluding hydrogens is 469 g/mol. The molecule has 3 aromatic heterocycles. The minimum Gasteiger partial charge on any atom is -0.263 e. The number of sulfone groups is 1. The zero-order chi connectivity index (χ0) is 24.3. The Kier molecular flexibility index (Phi) is 4.95. The molecule has 3 heterocycles. The van der Waals surface area contributed by atoms with E-state index in [2.05, 4.69) is 21.3 Å². The molecule has 4 aromatic rings. The minimum absolute atomic E-state index is 0.0188. The largest absolute Gasteiger partial charge is 0.390 e. The number of halogens is 3. The van der Waals surface area contributed by atoms with E-state index in [0.717, 1.165) is 18.4 Å². The van der Waals surface area contributed by atoms with E-state index < -0.39 is 27.8 Å². The molecule has 1 aliphatic rings. The zero-order valence-corrected chi connectivity index (χ0v) is 18.9. The first-order valence-corrected chi connectivity index (χ1v) is 12.3. The first kappa shape index (κ1) is 22.3. The molecule has 0 unspecified atom stereocenters. The molecule has 1 aromatic carbocycles. The van der Waals surface area contributed by atoms with Gasteiger partial charge in [-0.25, -0.2) is 18.1 Å². The highest BCUT2D eigenvalue weighted by Crippen LogP contribution is 2.48. The maximum absolute atomic E-state index is 13.0. The molecule has 1 saturated carbocycles. The molecule has 8 nitrogen and oxygen atoms in total. The van der Waals surface area contributed by atoms with Gasteiger partial charge in [0.05, 0.1) is 53.6 Å². The normalized spacial score (nSPS) is 15.6. The van der Waals surface area contributed by atoms with Gasteiger partial charge in [0, 0.05) is 10.8 Å². The quantitative estimate of drug-likeness (QED) is 0.405. The summed E-state index contributed by atoms with van der Waals surface area (Å²) in [5, 5.41) is 19.0. The Morgan fingerprint density at radius 2 is 1.97 bits per heavy atom. The van der Waals surface area contributed by atoms with Crippen molar-refractivity contribution in [3.05, 3.63) is 42.2 Å². The lowest BCUT2D eigenvalue weighted by Gasteiger charge is -2.09. The Hall–Kier alpha value is -3.46. The van der Waals surface area contributed by atoms with E-state index in [-0.39, 0.29) is 23.1 Å². The van der Waals surface area contributed by atoms with Gasteiger partial charge < -0.3 is 0 Å². The molecule has 0 bridgehead atoms. The highest BCUT2D eigenvalue weighted by molar-refractivity contribution is 7.91. The van der Waals surface area contributed by atoms with Crippen LogP contribution in [0.25, 0.3) is 27.6 Å². The van der Waals surface area contributed by atoms with Crippen LogP contribution in [0.5, 0.6) is 0 Å². The second kappa shape index (κ2) is 7.53. The molecule has 12 heteroatoms. The topological polar surface area (TPSA) is 106 Å². The van der Waals surface area contributed by atoms with Crippen LogP contribution in [0.1, 0.15) is 31.7 Å². The molecule has 34 heavy (non-hydrogen) atoms. The van der Waals surface area contributed by atoms with Crippen molar-refractivity contribution >= 4 is 31.6 Å². The molecule has 5 rings (SSSR count). The molecule has 176 valence electrons. The first-order valence-electron chi connectivity index (χ1n) is 10.6. The standard InChI is InChI=1S/C22H19F3N6O2S/c1-2-34(32,33)20-16-4-3-15(21(13-26)5-6-21)10-17(16)29-31(20)19-9-14-11-28-30(18(14)12-27-19)8-7-22(23,24)25/h3-4,9-12H,2,5-8H2,1H3. The lowest BCUT2D eigenvalue weighted by atomic mass is 9.97. The number of aromatic nitrogens is 5. The van der Waals surface area contributed by atoms with Crippen LogP contribution in [0.15, 0.2) is 41.7 Å². The molecule has 0 spiro atoms. The van der Waals surface area contributed by atoms with Gasteiger partial charge in [0.1, 0.15) is 0 Å². The molecule has 0 aliphatic heterocycles. The number of nitrogens with zero attached hydrogens (tertiary/aromatic N) is 6. The third kappa shape index (κ3) is 3.69. The average molecular weight is 488 g/mol. The van der Waals surface area contributed by atoms with Crippen molar-refractivity contribution in [3.8, 4) is 11.9 Å². The number of hydrogen-bond donors (Lipinski definition) is 0. The van der Waals surface area contributed by atoms with E-state index in [1.54, 1.807) is 24.3 Å². The fourth-order valence-electron chi connectivity index (χ4n) is 4.03. The van der Waals surface area contributed by atoms with Crippen molar-refractivity contribution in [2.75, 3.05) is 5.75 Å². The van der Waals surface area contributed by atoms with E-state index in [4.69, 9.17) is 0 Å². The fraction of sp³-hybridized carbons (Fsp3) is 0.364. The van der Waals surface area contributed by atoms with Gasteiger partial charge >= 0.3 is 6.18 Å². The van der Waals surface area contributed by atoms with Gasteiger partial charge in [0.2, 0.25) is 0 Å². The van der Waals surface area contributed by atoms with Crippen molar-refractivity contribution < 1.29 is 21.6 Å². The average Bonchev–Trinajstić information content (AvgIpc) is 3.34. The Bertz CT molecular complexity index is 1580. The van der Waals surface area contributed by atoms with E-state index >= 15 is 0 Å². The van der Waals surface area contributed by atoms with Crippen LogP contribution < -0.4 is 0 Å². The summed E-state index contributed by atoms with van der Waals surface area (Å²) in [6, 6.07) is 9.05. The van der Waals surface area contributed by atoms with Crippen LogP contribution in [-0.2, 0) is 21.8 Å². The van der Waals surface area contributed by atoms with Crippen molar-refractivity contribution in [1.82, 2.24) is 24.5 Å². The van der Waals surface area contributed by atoms with Gasteiger partial charge in [0.25, 0.3) is 0 Å². The first-order chi connectivity index (χ1) is 16.1. The summed E-state index contributed by atoms with van der Waals surface area (Å²) in [6.45, 7) is 1.18. The van der Waals surface area contributed by atoms with Crippen LogP contribution in [0.4, 0.5) is 13.2 Å². The molecule has 0 atom stereocenters. The number of fused-ring (bicyclic) bond motifs is 2. The molecule has 0 N–H and O–H groups in total. The second-order valence-electron chi connectivity index (χ2n) is 8.38. The van der Waals surface area contributed by atoms with Crippen molar-refractivity contribution in [3.63, 3.8) is 0 Å². The van der Waals surface area contributed by atoms with Gasteiger partial charge in [-0.15, -0.1) is 0 Å². The van der Waals surface area contributed by atoms with Crippen LogP contribution in [-0.4, -0.2) is 44.9 Å². The number of rotatable bonds is 6. The van der Waals surface area contributed by atoms with Crippen molar-refractivity contribution in [2.45, 2.75) is 49.3 Å². The lowest BCUT2D eigenvalue weighted by molar-refractivity contribution is -0.137.